The van der Waals surface area contributed by atoms with E-state index in [9.17, 15) is 8.78 Å². The van der Waals surface area contributed by atoms with Gasteiger partial charge in [-0.3, -0.25) is 0 Å². The molecule has 2 nitrogen and oxygen atoms in total. The Morgan fingerprint density at radius 3 is 2.19 bits per heavy atom. The van der Waals surface area contributed by atoms with Crippen molar-refractivity contribution >= 4 is 13.3 Å². The first-order valence-electron chi connectivity index (χ1n) is 10.1. The van der Waals surface area contributed by atoms with Gasteiger partial charge in [-0.25, -0.2) is 13.2 Å². The number of ether oxygens (including phenoxy) is 2. The van der Waals surface area contributed by atoms with Crippen LogP contribution in [0.15, 0.2) is 84.1 Å². The zero-order chi connectivity index (χ0) is 22.4. The summed E-state index contributed by atoms with van der Waals surface area (Å²) < 4.78 is 55.2. The Morgan fingerprint density at radius 1 is 0.871 bits per heavy atom. The van der Waals surface area contributed by atoms with Gasteiger partial charge in [0.15, 0.2) is 19.6 Å². The average Bonchev–Trinajstić information content (AvgIpc) is 2.77. The zero-order valence-corrected chi connectivity index (χ0v) is 18.8. The van der Waals surface area contributed by atoms with E-state index in [1.165, 1.54) is 18.2 Å². The minimum atomic E-state index is -2.85. The van der Waals surface area contributed by atoms with Crippen LogP contribution in [0, 0.1) is 5.82 Å². The fourth-order valence-electron chi connectivity index (χ4n) is 3.21. The summed E-state index contributed by atoms with van der Waals surface area (Å²) in [6.07, 6.45) is -0.273. The molecule has 31 heavy (non-hydrogen) atoms. The molecule has 0 saturated heterocycles. The molecule has 0 unspecified atom stereocenters. The number of hydrogen-bond acceptors (Lipinski definition) is 2. The third kappa shape index (κ3) is 5.58. The lowest BCUT2D eigenvalue weighted by Crippen LogP contribution is -2.43. The molecule has 0 spiro atoms. The van der Waals surface area contributed by atoms with Gasteiger partial charge >= 0.3 is 0 Å². The third-order valence-corrected chi connectivity index (χ3v) is 8.15. The van der Waals surface area contributed by atoms with Crippen molar-refractivity contribution in [1.29, 1.82) is 0 Å². The van der Waals surface area contributed by atoms with Crippen molar-refractivity contribution in [2.24, 2.45) is 0 Å². The van der Waals surface area contributed by atoms with Crippen molar-refractivity contribution in [3.05, 3.63) is 95.5 Å². The van der Waals surface area contributed by atoms with Crippen LogP contribution in [-0.2, 0) is 6.42 Å². The quantitative estimate of drug-likeness (QED) is 0.355. The Balaban J connectivity index is 1.81. The molecule has 0 heterocycles. The summed E-state index contributed by atoms with van der Waals surface area (Å²) in [5.41, 5.74) is -0.303. The third-order valence-electron chi connectivity index (χ3n) is 5.00. The van der Waals surface area contributed by atoms with Gasteiger partial charge in [-0.2, -0.15) is 0 Å². The van der Waals surface area contributed by atoms with Crippen molar-refractivity contribution in [3.8, 4) is 17.2 Å². The molecule has 0 aliphatic rings. The van der Waals surface area contributed by atoms with Crippen molar-refractivity contribution in [2.45, 2.75) is 26.4 Å². The van der Waals surface area contributed by atoms with Gasteiger partial charge in [-0.1, -0.05) is 54.7 Å². The summed E-state index contributed by atoms with van der Waals surface area (Å²) in [5.74, 6) is -0.285. The Morgan fingerprint density at radius 2 is 1.55 bits per heavy atom. The maximum Gasteiger partial charge on any atom is 0.165 e. The van der Waals surface area contributed by atoms with E-state index in [0.717, 1.165) is 5.19 Å². The Kier molecular flexibility index (Phi) is 7.23. The summed E-state index contributed by atoms with van der Waals surface area (Å²) in [6, 6.07) is 19.9. The number of halogens is 3. The molecular formula is C25H25F3O2Si. The van der Waals surface area contributed by atoms with Gasteiger partial charge in [0.1, 0.15) is 22.8 Å². The van der Waals surface area contributed by atoms with Crippen LogP contribution in [-0.4, -0.2) is 14.7 Å². The molecule has 0 saturated carbocycles. The van der Waals surface area contributed by atoms with Gasteiger partial charge in [-0.05, 0) is 48.9 Å². The summed E-state index contributed by atoms with van der Waals surface area (Å²) in [7, 11) is -2.85. The monoisotopic (exact) mass is 442 g/mol. The fraction of sp³-hybridized carbons (Fsp3) is 0.200. The van der Waals surface area contributed by atoms with E-state index < -0.39 is 25.2 Å². The molecular weight excluding hydrogens is 417 g/mol. The highest BCUT2D eigenvalue weighted by Crippen LogP contribution is 2.29. The van der Waals surface area contributed by atoms with Gasteiger partial charge < -0.3 is 9.47 Å². The minimum absolute atomic E-state index is 0.0278. The summed E-state index contributed by atoms with van der Waals surface area (Å²) in [6.45, 7) is 5.94. The van der Waals surface area contributed by atoms with E-state index in [-0.39, 0.29) is 12.2 Å². The second kappa shape index (κ2) is 9.88. The largest absolute Gasteiger partial charge is 0.494 e. The molecule has 0 bridgehead atoms. The maximum atomic E-state index is 15.2. The van der Waals surface area contributed by atoms with Crippen LogP contribution in [0.5, 0.6) is 17.2 Å². The van der Waals surface area contributed by atoms with Crippen molar-refractivity contribution in [1.82, 2.24) is 0 Å². The standard InChI is InChI=1S/C25H25F3O2Si/c1-4-29-19-11-13-21(14-12-19)31(2,3)25(28)23(27)16-18-10-15-22(26)24(17-18)30-20-8-6-5-7-9-20/h5-15,17H,4,16H2,1-3H3/b25-23-. The molecule has 162 valence electrons. The smallest absolute Gasteiger partial charge is 0.165 e. The lowest BCUT2D eigenvalue weighted by Gasteiger charge is -2.22. The lowest BCUT2D eigenvalue weighted by molar-refractivity contribution is 0.340. The van der Waals surface area contributed by atoms with Crippen molar-refractivity contribution < 1.29 is 22.6 Å². The first kappa shape index (κ1) is 22.7. The van der Waals surface area contributed by atoms with E-state index in [2.05, 4.69) is 0 Å². The normalized spacial score (nSPS) is 12.3. The van der Waals surface area contributed by atoms with E-state index in [0.29, 0.717) is 23.7 Å². The molecule has 3 rings (SSSR count). The van der Waals surface area contributed by atoms with Crippen LogP contribution < -0.4 is 14.7 Å². The topological polar surface area (TPSA) is 18.5 Å². The molecule has 3 aromatic carbocycles. The second-order valence-electron chi connectivity index (χ2n) is 7.66. The maximum absolute atomic E-state index is 15.2. The van der Waals surface area contributed by atoms with E-state index in [1.54, 1.807) is 61.6 Å². The zero-order valence-electron chi connectivity index (χ0n) is 17.8. The van der Waals surface area contributed by atoms with Gasteiger partial charge in [0.05, 0.1) is 6.61 Å². The predicted molar refractivity (Wildman–Crippen MR) is 121 cm³/mol. The number of hydrogen-bond donors (Lipinski definition) is 0. The SMILES string of the molecule is CCOc1ccc([Si](C)(C)/C(F)=C(\F)Cc2ccc(F)c(Oc3ccccc3)c2)cc1. The molecule has 0 aliphatic heterocycles. The van der Waals surface area contributed by atoms with Gasteiger partial charge in [-0.15, -0.1) is 0 Å². The minimum Gasteiger partial charge on any atom is -0.494 e. The molecule has 0 amide bonds. The van der Waals surface area contributed by atoms with Crippen LogP contribution in [0.25, 0.3) is 0 Å². The summed E-state index contributed by atoms with van der Waals surface area (Å²) >= 11 is 0. The highest BCUT2D eigenvalue weighted by Gasteiger charge is 2.32. The Bertz CT molecular complexity index is 1050. The van der Waals surface area contributed by atoms with Crippen LogP contribution >= 0.6 is 0 Å². The van der Waals surface area contributed by atoms with Gasteiger partial charge in [0.2, 0.25) is 0 Å². The molecule has 0 radical (unpaired) electrons. The van der Waals surface area contributed by atoms with Crippen molar-refractivity contribution in [2.75, 3.05) is 6.61 Å². The predicted octanol–water partition coefficient (Wildman–Crippen LogP) is 6.86. The highest BCUT2D eigenvalue weighted by molar-refractivity contribution is 6.95. The average molecular weight is 443 g/mol. The number of para-hydroxylation sites is 1. The van der Waals surface area contributed by atoms with E-state index >= 15 is 4.39 Å². The van der Waals surface area contributed by atoms with Crippen LogP contribution in [0.2, 0.25) is 13.1 Å². The van der Waals surface area contributed by atoms with E-state index in [1.807, 2.05) is 13.0 Å². The Hall–Kier alpha value is -2.99. The second-order valence-corrected chi connectivity index (χ2v) is 11.9. The molecule has 0 N–H and O–H groups in total. The van der Waals surface area contributed by atoms with Crippen LogP contribution in [0.3, 0.4) is 0 Å². The molecule has 3 aromatic rings. The molecule has 6 heteroatoms. The number of allylic oxidation sites excluding steroid dienone is 1. The van der Waals surface area contributed by atoms with E-state index in [4.69, 9.17) is 9.47 Å². The first-order valence-corrected chi connectivity index (χ1v) is 13.1. The molecule has 0 atom stereocenters. The van der Waals surface area contributed by atoms with Gasteiger partial charge in [0, 0.05) is 6.42 Å². The number of rotatable bonds is 8. The van der Waals surface area contributed by atoms with Crippen molar-refractivity contribution in [3.63, 3.8) is 0 Å². The lowest BCUT2D eigenvalue weighted by atomic mass is 10.1. The summed E-state index contributed by atoms with van der Waals surface area (Å²) in [5, 5.41) is 0.760. The Labute approximate surface area is 182 Å². The van der Waals surface area contributed by atoms with Crippen LogP contribution in [0.1, 0.15) is 12.5 Å². The summed E-state index contributed by atoms with van der Waals surface area (Å²) in [4.78, 5) is 0. The molecule has 0 aromatic heterocycles. The number of benzene rings is 3. The highest BCUT2D eigenvalue weighted by atomic mass is 28.3. The van der Waals surface area contributed by atoms with Crippen LogP contribution in [0.4, 0.5) is 13.2 Å². The fourth-order valence-corrected chi connectivity index (χ4v) is 5.23. The van der Waals surface area contributed by atoms with Gasteiger partial charge in [0.25, 0.3) is 0 Å². The first-order chi connectivity index (χ1) is 14.8. The molecule has 0 fully saturated rings. The molecule has 0 aliphatic carbocycles.